The number of carbonyl (C=O) groups is 2. The predicted molar refractivity (Wildman–Crippen MR) is 103 cm³/mol. The van der Waals surface area contributed by atoms with Gasteiger partial charge in [-0.25, -0.2) is 4.79 Å². The minimum atomic E-state index is -0.739. The molecule has 1 N–H and O–H groups in total. The van der Waals surface area contributed by atoms with Gasteiger partial charge in [-0.05, 0) is 44.0 Å². The molecule has 0 saturated heterocycles. The minimum Gasteiger partial charge on any atom is -0.458 e. The van der Waals surface area contributed by atoms with Crippen molar-refractivity contribution in [2.24, 2.45) is 0 Å². The van der Waals surface area contributed by atoms with E-state index in [1.807, 2.05) is 30.3 Å². The molecule has 0 unspecified atom stereocenters. The summed E-state index contributed by atoms with van der Waals surface area (Å²) in [6, 6.07) is 15.9. The molecule has 2 aromatic rings. The molecule has 0 aromatic heterocycles. The second kappa shape index (κ2) is 8.86. The summed E-state index contributed by atoms with van der Waals surface area (Å²) in [5, 5.41) is 3.42. The molecule has 4 nitrogen and oxygen atoms in total. The minimum absolute atomic E-state index is 0.172. The fraction of sp³-hybridized carbons (Fsp3) is 0.333. The van der Waals surface area contributed by atoms with E-state index in [4.69, 9.17) is 16.3 Å². The Kier molecular flexibility index (Phi) is 6.81. The Hall–Kier alpha value is -2.33. The third-order valence-corrected chi connectivity index (χ3v) is 3.84. The molecule has 0 aliphatic heterocycles. The van der Waals surface area contributed by atoms with Crippen molar-refractivity contribution in [3.63, 3.8) is 0 Å². The van der Waals surface area contributed by atoms with Crippen LogP contribution in [-0.4, -0.2) is 23.5 Å². The van der Waals surface area contributed by atoms with Crippen LogP contribution in [0, 0.1) is 0 Å². The largest absolute Gasteiger partial charge is 0.458 e. The molecule has 0 aliphatic carbocycles. The van der Waals surface area contributed by atoms with E-state index in [2.05, 4.69) is 5.32 Å². The highest BCUT2D eigenvalue weighted by molar-refractivity contribution is 6.30. The van der Waals surface area contributed by atoms with Gasteiger partial charge >= 0.3 is 5.97 Å². The monoisotopic (exact) mass is 373 g/mol. The molecule has 0 saturated carbocycles. The molecule has 2 rings (SSSR count). The first kappa shape index (κ1) is 20.0. The Labute approximate surface area is 159 Å². The van der Waals surface area contributed by atoms with Crippen molar-refractivity contribution >= 4 is 23.5 Å². The van der Waals surface area contributed by atoms with Gasteiger partial charge in [0.1, 0.15) is 11.6 Å². The number of hydrogen-bond donors (Lipinski definition) is 1. The highest BCUT2D eigenvalue weighted by atomic mass is 35.5. The number of ether oxygens (including phenoxy) is 1. The smallest absolute Gasteiger partial charge is 0.329 e. The Balaban J connectivity index is 2.07. The van der Waals surface area contributed by atoms with Crippen molar-refractivity contribution in [2.75, 3.05) is 0 Å². The summed E-state index contributed by atoms with van der Waals surface area (Å²) in [6.45, 7) is 5.42. The number of halogens is 1. The zero-order chi connectivity index (χ0) is 19.2. The van der Waals surface area contributed by atoms with Gasteiger partial charge in [-0.15, -0.1) is 0 Å². The van der Waals surface area contributed by atoms with Crippen LogP contribution >= 0.6 is 11.6 Å². The topological polar surface area (TPSA) is 55.4 Å². The molecule has 5 heteroatoms. The second-order valence-corrected chi connectivity index (χ2v) is 7.58. The molecule has 138 valence electrons. The van der Waals surface area contributed by atoms with Crippen LogP contribution in [0.1, 0.15) is 31.9 Å². The Morgan fingerprint density at radius 2 is 1.62 bits per heavy atom. The van der Waals surface area contributed by atoms with Gasteiger partial charge in [0, 0.05) is 11.4 Å². The van der Waals surface area contributed by atoms with Crippen molar-refractivity contribution in [1.82, 2.24) is 5.32 Å². The average molecular weight is 374 g/mol. The summed E-state index contributed by atoms with van der Waals surface area (Å²) in [4.78, 5) is 25.0. The van der Waals surface area contributed by atoms with Gasteiger partial charge in [0.15, 0.2) is 0 Å². The number of rotatable bonds is 6. The van der Waals surface area contributed by atoms with E-state index in [1.165, 1.54) is 0 Å². The van der Waals surface area contributed by atoms with E-state index >= 15 is 0 Å². The van der Waals surface area contributed by atoms with E-state index in [0.717, 1.165) is 11.1 Å². The number of nitrogens with one attached hydrogen (secondary N) is 1. The molecule has 0 aliphatic rings. The van der Waals surface area contributed by atoms with Crippen LogP contribution in [0.15, 0.2) is 54.6 Å². The van der Waals surface area contributed by atoms with Crippen LogP contribution in [0.5, 0.6) is 0 Å². The van der Waals surface area contributed by atoms with E-state index in [9.17, 15) is 9.59 Å². The van der Waals surface area contributed by atoms with Gasteiger partial charge in [0.05, 0.1) is 6.42 Å². The molecule has 0 radical (unpaired) electrons. The summed E-state index contributed by atoms with van der Waals surface area (Å²) >= 11 is 5.86. The lowest BCUT2D eigenvalue weighted by molar-refractivity contribution is -0.158. The molecule has 26 heavy (non-hydrogen) atoms. The number of carbonyl (C=O) groups excluding carboxylic acids is 2. The third-order valence-electron chi connectivity index (χ3n) is 3.59. The lowest BCUT2D eigenvalue weighted by atomic mass is 10.0. The van der Waals surface area contributed by atoms with Crippen LogP contribution < -0.4 is 5.32 Å². The number of esters is 1. The Morgan fingerprint density at radius 3 is 2.19 bits per heavy atom. The summed E-state index contributed by atoms with van der Waals surface area (Å²) in [5.74, 6) is -0.676. The van der Waals surface area contributed by atoms with Gasteiger partial charge in [0.2, 0.25) is 5.91 Å². The summed E-state index contributed by atoms with van der Waals surface area (Å²) < 4.78 is 5.47. The molecule has 1 amide bonds. The van der Waals surface area contributed by atoms with Crippen molar-refractivity contribution in [3.8, 4) is 0 Å². The maximum absolute atomic E-state index is 12.5. The second-order valence-electron chi connectivity index (χ2n) is 7.15. The predicted octanol–water partition coefficient (Wildman–Crippen LogP) is 3.95. The summed E-state index contributed by atoms with van der Waals surface area (Å²) in [6.07, 6.45) is 0.549. The molecule has 0 spiro atoms. The van der Waals surface area contributed by atoms with Gasteiger partial charge in [-0.2, -0.15) is 0 Å². The first-order valence-corrected chi connectivity index (χ1v) is 8.91. The average Bonchev–Trinajstić information content (AvgIpc) is 2.56. The number of benzene rings is 2. The van der Waals surface area contributed by atoms with Crippen LogP contribution in [0.25, 0.3) is 0 Å². The zero-order valence-electron chi connectivity index (χ0n) is 15.3. The summed E-state index contributed by atoms with van der Waals surface area (Å²) in [5.41, 5.74) is 1.16. The van der Waals surface area contributed by atoms with Crippen LogP contribution in [0.4, 0.5) is 0 Å². The van der Waals surface area contributed by atoms with Crippen molar-refractivity contribution in [3.05, 3.63) is 70.7 Å². The van der Waals surface area contributed by atoms with E-state index < -0.39 is 17.6 Å². The lowest BCUT2D eigenvalue weighted by Gasteiger charge is -2.24. The standard InChI is InChI=1S/C21H24ClNO3/c1-21(2,3)26-20(25)18(13-15-7-5-4-6-8-15)23-19(24)14-16-9-11-17(22)12-10-16/h4-12,18H,13-14H2,1-3H3,(H,23,24)/t18-/m0/s1. The van der Waals surface area contributed by atoms with Crippen molar-refractivity contribution in [2.45, 2.75) is 45.3 Å². The number of hydrogen-bond acceptors (Lipinski definition) is 3. The van der Waals surface area contributed by atoms with Gasteiger partial charge in [-0.3, -0.25) is 4.79 Å². The highest BCUT2D eigenvalue weighted by Gasteiger charge is 2.27. The van der Waals surface area contributed by atoms with Gasteiger partial charge in [-0.1, -0.05) is 54.1 Å². The van der Waals surface area contributed by atoms with E-state index in [0.29, 0.717) is 11.4 Å². The quantitative estimate of drug-likeness (QED) is 0.780. The molecule has 1 atom stereocenters. The Morgan fingerprint density at radius 1 is 1.00 bits per heavy atom. The van der Waals surface area contributed by atoms with E-state index in [1.54, 1.807) is 45.0 Å². The van der Waals surface area contributed by atoms with Crippen LogP contribution in [-0.2, 0) is 27.2 Å². The normalized spacial score (nSPS) is 12.3. The summed E-state index contributed by atoms with van der Waals surface area (Å²) in [7, 11) is 0. The fourth-order valence-corrected chi connectivity index (χ4v) is 2.57. The maximum Gasteiger partial charge on any atom is 0.329 e. The lowest BCUT2D eigenvalue weighted by Crippen LogP contribution is -2.46. The molecular formula is C21H24ClNO3. The zero-order valence-corrected chi connectivity index (χ0v) is 16.0. The van der Waals surface area contributed by atoms with E-state index in [-0.39, 0.29) is 12.3 Å². The molecule has 0 bridgehead atoms. The highest BCUT2D eigenvalue weighted by Crippen LogP contribution is 2.13. The molecular weight excluding hydrogens is 350 g/mol. The maximum atomic E-state index is 12.5. The number of amides is 1. The molecule has 2 aromatic carbocycles. The first-order chi connectivity index (χ1) is 12.2. The van der Waals surface area contributed by atoms with Crippen LogP contribution in [0.3, 0.4) is 0 Å². The SMILES string of the molecule is CC(C)(C)OC(=O)[C@H](Cc1ccccc1)NC(=O)Cc1ccc(Cl)cc1. The molecule has 0 fully saturated rings. The third kappa shape index (κ3) is 6.89. The Bertz CT molecular complexity index is 736. The van der Waals surface area contributed by atoms with Crippen LogP contribution in [0.2, 0.25) is 5.02 Å². The van der Waals surface area contributed by atoms with Crippen molar-refractivity contribution in [1.29, 1.82) is 0 Å². The van der Waals surface area contributed by atoms with Gasteiger partial charge < -0.3 is 10.1 Å². The molecule has 0 heterocycles. The van der Waals surface area contributed by atoms with Gasteiger partial charge in [0.25, 0.3) is 0 Å². The fourth-order valence-electron chi connectivity index (χ4n) is 2.45. The van der Waals surface area contributed by atoms with Crippen molar-refractivity contribution < 1.29 is 14.3 Å². The first-order valence-electron chi connectivity index (χ1n) is 8.53.